The molecule has 0 atom stereocenters. The molecule has 1 aliphatic rings. The topological polar surface area (TPSA) is 34.0 Å². The standard InChI is InChI=1S/C10H15F3N4/c1-7(2)5-16-3-4-17-8(6-16)14-15-9(17)10(11,12)13/h7H,3-6H2,1-2H3. The minimum absolute atomic E-state index is 0.309. The van der Waals surface area contributed by atoms with Crippen LogP contribution >= 0.6 is 0 Å². The van der Waals surface area contributed by atoms with Crippen LogP contribution in [0, 0.1) is 5.92 Å². The van der Waals surface area contributed by atoms with E-state index in [4.69, 9.17) is 0 Å². The second-order valence-corrected chi connectivity index (χ2v) is 4.72. The molecular formula is C10H15F3N4. The maximum absolute atomic E-state index is 12.6. The number of hydrogen-bond acceptors (Lipinski definition) is 3. The Hall–Kier alpha value is -1.11. The largest absolute Gasteiger partial charge is 0.451 e. The van der Waals surface area contributed by atoms with Gasteiger partial charge in [0.05, 0.1) is 6.54 Å². The van der Waals surface area contributed by atoms with Crippen LogP contribution in [0.2, 0.25) is 0 Å². The third kappa shape index (κ3) is 2.59. The predicted molar refractivity (Wildman–Crippen MR) is 55.1 cm³/mol. The molecule has 0 N–H and O–H groups in total. The van der Waals surface area contributed by atoms with Crippen LogP contribution in [0.25, 0.3) is 0 Å². The van der Waals surface area contributed by atoms with E-state index in [1.165, 1.54) is 4.57 Å². The summed E-state index contributed by atoms with van der Waals surface area (Å²) >= 11 is 0. The molecule has 7 heteroatoms. The first-order valence-electron chi connectivity index (χ1n) is 5.59. The minimum Gasteiger partial charge on any atom is -0.305 e. The van der Waals surface area contributed by atoms with Crippen molar-refractivity contribution in [1.29, 1.82) is 0 Å². The van der Waals surface area contributed by atoms with Crippen molar-refractivity contribution in [3.05, 3.63) is 11.6 Å². The van der Waals surface area contributed by atoms with E-state index >= 15 is 0 Å². The van der Waals surface area contributed by atoms with Gasteiger partial charge in [0.25, 0.3) is 0 Å². The molecular weight excluding hydrogens is 233 g/mol. The Bertz CT molecular complexity index is 397. The third-order valence-electron chi connectivity index (χ3n) is 2.71. The highest BCUT2D eigenvalue weighted by atomic mass is 19.4. The Kier molecular flexibility index (Phi) is 3.11. The lowest BCUT2D eigenvalue weighted by Gasteiger charge is -2.29. The van der Waals surface area contributed by atoms with Crippen molar-refractivity contribution >= 4 is 0 Å². The zero-order valence-electron chi connectivity index (χ0n) is 9.83. The monoisotopic (exact) mass is 248 g/mol. The fourth-order valence-corrected chi connectivity index (χ4v) is 2.09. The molecule has 0 unspecified atom stereocenters. The summed E-state index contributed by atoms with van der Waals surface area (Å²) in [6, 6.07) is 0. The molecule has 0 bridgehead atoms. The van der Waals surface area contributed by atoms with Gasteiger partial charge in [-0.15, -0.1) is 10.2 Å². The van der Waals surface area contributed by atoms with Gasteiger partial charge < -0.3 is 4.57 Å². The van der Waals surface area contributed by atoms with E-state index in [1.54, 1.807) is 0 Å². The van der Waals surface area contributed by atoms with Crippen LogP contribution < -0.4 is 0 Å². The first-order chi connectivity index (χ1) is 7.88. The van der Waals surface area contributed by atoms with Gasteiger partial charge in [-0.25, -0.2) is 0 Å². The highest BCUT2D eigenvalue weighted by molar-refractivity contribution is 5.02. The average molecular weight is 248 g/mol. The molecule has 0 aliphatic carbocycles. The van der Waals surface area contributed by atoms with Crippen molar-refractivity contribution in [3.63, 3.8) is 0 Å². The number of alkyl halides is 3. The fraction of sp³-hybridized carbons (Fsp3) is 0.800. The summed E-state index contributed by atoms with van der Waals surface area (Å²) < 4.78 is 38.9. The van der Waals surface area contributed by atoms with Gasteiger partial charge in [-0.05, 0) is 5.92 Å². The van der Waals surface area contributed by atoms with Crippen LogP contribution in [-0.2, 0) is 19.3 Å². The van der Waals surface area contributed by atoms with Crippen LogP contribution in [0.15, 0.2) is 0 Å². The van der Waals surface area contributed by atoms with Crippen molar-refractivity contribution in [2.45, 2.75) is 33.1 Å². The third-order valence-corrected chi connectivity index (χ3v) is 2.71. The van der Waals surface area contributed by atoms with Gasteiger partial charge >= 0.3 is 6.18 Å². The summed E-state index contributed by atoms with van der Waals surface area (Å²) in [5.74, 6) is 0.0208. The van der Waals surface area contributed by atoms with Gasteiger partial charge in [-0.2, -0.15) is 13.2 Å². The molecule has 0 fully saturated rings. The molecule has 0 saturated carbocycles. The van der Waals surface area contributed by atoms with E-state index in [2.05, 4.69) is 28.9 Å². The Morgan fingerprint density at radius 2 is 1.94 bits per heavy atom. The molecule has 17 heavy (non-hydrogen) atoms. The van der Waals surface area contributed by atoms with E-state index < -0.39 is 12.0 Å². The van der Waals surface area contributed by atoms with Crippen molar-refractivity contribution in [1.82, 2.24) is 19.7 Å². The van der Waals surface area contributed by atoms with E-state index in [0.717, 1.165) is 6.54 Å². The van der Waals surface area contributed by atoms with Gasteiger partial charge in [-0.1, -0.05) is 13.8 Å². The maximum Gasteiger partial charge on any atom is 0.451 e. The molecule has 1 aromatic rings. The molecule has 0 aromatic carbocycles. The molecule has 0 saturated heterocycles. The Balaban J connectivity index is 2.16. The molecule has 0 spiro atoms. The van der Waals surface area contributed by atoms with Gasteiger partial charge in [0.15, 0.2) is 0 Å². The summed E-state index contributed by atoms with van der Waals surface area (Å²) in [5.41, 5.74) is 0. The van der Waals surface area contributed by atoms with E-state index in [0.29, 0.717) is 31.4 Å². The lowest BCUT2D eigenvalue weighted by Crippen LogP contribution is -2.37. The average Bonchev–Trinajstić information content (AvgIpc) is 2.58. The summed E-state index contributed by atoms with van der Waals surface area (Å²) in [6.07, 6.45) is -4.41. The molecule has 2 heterocycles. The number of rotatable bonds is 2. The summed E-state index contributed by atoms with van der Waals surface area (Å²) in [4.78, 5) is 2.11. The fourth-order valence-electron chi connectivity index (χ4n) is 2.09. The van der Waals surface area contributed by atoms with Gasteiger partial charge in [0.1, 0.15) is 5.82 Å². The molecule has 2 rings (SSSR count). The molecule has 1 aromatic heterocycles. The van der Waals surface area contributed by atoms with Gasteiger partial charge in [0.2, 0.25) is 5.82 Å². The maximum atomic E-state index is 12.6. The summed E-state index contributed by atoms with van der Waals surface area (Å²) in [7, 11) is 0. The lowest BCUT2D eigenvalue weighted by atomic mass is 10.2. The van der Waals surface area contributed by atoms with E-state index in [1.807, 2.05) is 0 Å². The molecule has 4 nitrogen and oxygen atoms in total. The second kappa shape index (κ2) is 4.29. The lowest BCUT2D eigenvalue weighted by molar-refractivity contribution is -0.148. The Morgan fingerprint density at radius 3 is 2.53 bits per heavy atom. The molecule has 0 radical (unpaired) electrons. The molecule has 1 aliphatic heterocycles. The predicted octanol–water partition coefficient (Wildman–Crippen LogP) is 1.77. The number of nitrogens with zero attached hydrogens (tertiary/aromatic N) is 4. The number of hydrogen-bond donors (Lipinski definition) is 0. The van der Waals surface area contributed by atoms with Gasteiger partial charge in [0, 0.05) is 19.6 Å². The summed E-state index contributed by atoms with van der Waals surface area (Å²) in [5, 5.41) is 6.88. The molecule has 0 amide bonds. The SMILES string of the molecule is CC(C)CN1CCn2c(nnc2C(F)(F)F)C1. The van der Waals surface area contributed by atoms with Crippen LogP contribution in [0.1, 0.15) is 25.5 Å². The minimum atomic E-state index is -4.41. The van der Waals surface area contributed by atoms with Crippen molar-refractivity contribution in [2.75, 3.05) is 13.1 Å². The highest BCUT2D eigenvalue weighted by Gasteiger charge is 2.39. The van der Waals surface area contributed by atoms with Crippen LogP contribution in [0.3, 0.4) is 0 Å². The van der Waals surface area contributed by atoms with Crippen molar-refractivity contribution in [2.24, 2.45) is 5.92 Å². The zero-order chi connectivity index (χ0) is 12.6. The van der Waals surface area contributed by atoms with Crippen LogP contribution in [-0.4, -0.2) is 32.8 Å². The first kappa shape index (κ1) is 12.3. The number of fused-ring (bicyclic) bond motifs is 1. The van der Waals surface area contributed by atoms with Crippen molar-refractivity contribution in [3.8, 4) is 0 Å². The highest BCUT2D eigenvalue weighted by Crippen LogP contribution is 2.29. The van der Waals surface area contributed by atoms with Crippen molar-refractivity contribution < 1.29 is 13.2 Å². The zero-order valence-corrected chi connectivity index (χ0v) is 9.83. The van der Waals surface area contributed by atoms with E-state index in [9.17, 15) is 13.2 Å². The first-order valence-corrected chi connectivity index (χ1v) is 5.59. The Labute approximate surface area is 97.4 Å². The summed E-state index contributed by atoms with van der Waals surface area (Å²) in [6.45, 7) is 6.41. The quantitative estimate of drug-likeness (QED) is 0.800. The second-order valence-electron chi connectivity index (χ2n) is 4.72. The van der Waals surface area contributed by atoms with Gasteiger partial charge in [-0.3, -0.25) is 4.90 Å². The van der Waals surface area contributed by atoms with Crippen LogP contribution in [0.4, 0.5) is 13.2 Å². The smallest absolute Gasteiger partial charge is 0.305 e. The molecule has 96 valence electrons. The number of halogens is 3. The normalized spacial score (nSPS) is 17.5. The van der Waals surface area contributed by atoms with Crippen LogP contribution in [0.5, 0.6) is 0 Å². The van der Waals surface area contributed by atoms with E-state index in [-0.39, 0.29) is 0 Å². The Morgan fingerprint density at radius 1 is 1.24 bits per heavy atom. The number of aromatic nitrogens is 3.